The Bertz CT molecular complexity index is 467. The summed E-state index contributed by atoms with van der Waals surface area (Å²) in [7, 11) is 0. The first-order valence-corrected chi connectivity index (χ1v) is 8.47. The minimum atomic E-state index is 0.251. The van der Waals surface area contributed by atoms with Crippen LogP contribution in [0.3, 0.4) is 0 Å². The average Bonchev–Trinajstić information content (AvgIpc) is 2.72. The molecule has 5 nitrogen and oxygen atoms in total. The maximum Gasteiger partial charge on any atom is 0.0918 e. The van der Waals surface area contributed by atoms with E-state index in [4.69, 9.17) is 11.1 Å². The van der Waals surface area contributed by atoms with E-state index >= 15 is 0 Å². The lowest BCUT2D eigenvalue weighted by Gasteiger charge is -2.24. The number of nitrogens with two attached hydrogens (primary N) is 1. The van der Waals surface area contributed by atoms with Crippen LogP contribution in [-0.4, -0.2) is 33.6 Å². The van der Waals surface area contributed by atoms with Gasteiger partial charge in [0, 0.05) is 32.6 Å². The van der Waals surface area contributed by atoms with Crippen LogP contribution in [0, 0.1) is 11.3 Å². The molecule has 21 heavy (non-hydrogen) atoms. The number of halogens is 1. The lowest BCUT2D eigenvalue weighted by molar-refractivity contribution is 0.235. The Morgan fingerprint density at radius 3 is 2.57 bits per heavy atom. The van der Waals surface area contributed by atoms with Gasteiger partial charge in [-0.15, -0.1) is 0 Å². The monoisotopic (exact) mass is 357 g/mol. The van der Waals surface area contributed by atoms with E-state index in [1.165, 1.54) is 5.69 Å². The Morgan fingerprint density at radius 1 is 1.43 bits per heavy atom. The second-order valence-corrected chi connectivity index (χ2v) is 6.57. The van der Waals surface area contributed by atoms with Crippen molar-refractivity contribution < 1.29 is 0 Å². The quantitative estimate of drug-likeness (QED) is 0.527. The van der Waals surface area contributed by atoms with Gasteiger partial charge in [-0.2, -0.15) is 5.10 Å². The van der Waals surface area contributed by atoms with Crippen molar-refractivity contribution in [2.45, 2.75) is 53.6 Å². The molecule has 0 aliphatic heterocycles. The average molecular weight is 358 g/mol. The lowest BCUT2D eigenvalue weighted by atomic mass is 10.2. The fraction of sp³-hybridized carbons (Fsp3) is 0.733. The smallest absolute Gasteiger partial charge is 0.0918 e. The molecule has 3 N–H and O–H groups in total. The summed E-state index contributed by atoms with van der Waals surface area (Å²) in [5, 5.41) is 12.1. The zero-order valence-electron chi connectivity index (χ0n) is 13.6. The highest BCUT2D eigenvalue weighted by Gasteiger charge is 2.17. The fourth-order valence-corrected chi connectivity index (χ4v) is 3.10. The van der Waals surface area contributed by atoms with Crippen molar-refractivity contribution in [3.05, 3.63) is 15.9 Å². The van der Waals surface area contributed by atoms with Crippen molar-refractivity contribution in [2.24, 2.45) is 11.7 Å². The van der Waals surface area contributed by atoms with Crippen LogP contribution < -0.4 is 5.73 Å². The van der Waals surface area contributed by atoms with Crippen molar-refractivity contribution in [1.82, 2.24) is 14.7 Å². The zero-order valence-corrected chi connectivity index (χ0v) is 15.2. The maximum atomic E-state index is 7.43. The molecule has 0 fully saturated rings. The van der Waals surface area contributed by atoms with Gasteiger partial charge in [0.1, 0.15) is 0 Å². The third-order valence-electron chi connectivity index (χ3n) is 3.39. The second-order valence-electron chi connectivity index (χ2n) is 5.78. The molecule has 1 heterocycles. The Balaban J connectivity index is 2.90. The fourth-order valence-electron chi connectivity index (χ4n) is 2.41. The SMILES string of the molecule is CCc1nn(CC)c(CN(CCC(=N)N)CC(C)C)c1Br. The first-order valence-electron chi connectivity index (χ1n) is 7.68. The van der Waals surface area contributed by atoms with Gasteiger partial charge in [0.25, 0.3) is 0 Å². The molecule has 0 aliphatic rings. The number of hydrogen-bond acceptors (Lipinski definition) is 3. The standard InChI is InChI=1S/C15H28BrN5/c1-5-12-15(16)13(21(6-2)19-12)10-20(9-11(3)4)8-7-14(17)18/h11H,5-10H2,1-4H3,(H3,17,18). The minimum absolute atomic E-state index is 0.251. The summed E-state index contributed by atoms with van der Waals surface area (Å²) in [6.45, 7) is 12.2. The van der Waals surface area contributed by atoms with Crippen molar-refractivity contribution in [2.75, 3.05) is 13.1 Å². The number of hydrogen-bond donors (Lipinski definition) is 2. The van der Waals surface area contributed by atoms with Gasteiger partial charge < -0.3 is 5.73 Å². The lowest BCUT2D eigenvalue weighted by Crippen LogP contribution is -2.31. The van der Waals surface area contributed by atoms with Gasteiger partial charge in [-0.05, 0) is 35.2 Å². The highest BCUT2D eigenvalue weighted by Crippen LogP contribution is 2.24. The van der Waals surface area contributed by atoms with Crippen LogP contribution in [0.25, 0.3) is 0 Å². The van der Waals surface area contributed by atoms with Gasteiger partial charge in [-0.1, -0.05) is 20.8 Å². The molecule has 0 saturated heterocycles. The number of nitrogens with one attached hydrogen (secondary N) is 1. The normalized spacial score (nSPS) is 11.6. The molecule has 0 saturated carbocycles. The number of nitrogens with zero attached hydrogens (tertiary/aromatic N) is 3. The van der Waals surface area contributed by atoms with E-state index in [2.05, 4.69) is 58.3 Å². The van der Waals surface area contributed by atoms with Gasteiger partial charge in [0.15, 0.2) is 0 Å². The second kappa shape index (κ2) is 8.54. The van der Waals surface area contributed by atoms with Crippen LogP contribution in [0.1, 0.15) is 45.5 Å². The van der Waals surface area contributed by atoms with E-state index in [0.29, 0.717) is 12.3 Å². The van der Waals surface area contributed by atoms with Gasteiger partial charge in [-0.25, -0.2) is 0 Å². The molecule has 1 aromatic rings. The number of rotatable bonds is 9. The molecule has 0 unspecified atom stereocenters. The van der Waals surface area contributed by atoms with Gasteiger partial charge >= 0.3 is 0 Å². The maximum absolute atomic E-state index is 7.43. The Kier molecular flexibility index (Phi) is 7.39. The van der Waals surface area contributed by atoms with Gasteiger partial charge in [0.05, 0.1) is 21.7 Å². The van der Waals surface area contributed by atoms with E-state index in [9.17, 15) is 0 Å². The number of aryl methyl sites for hydroxylation is 2. The van der Waals surface area contributed by atoms with Crippen molar-refractivity contribution in [3.63, 3.8) is 0 Å². The highest BCUT2D eigenvalue weighted by molar-refractivity contribution is 9.10. The van der Waals surface area contributed by atoms with Crippen molar-refractivity contribution in [3.8, 4) is 0 Å². The Hall–Kier alpha value is -0.880. The molecular weight excluding hydrogens is 330 g/mol. The summed E-state index contributed by atoms with van der Waals surface area (Å²) in [6, 6.07) is 0. The van der Waals surface area contributed by atoms with Crippen molar-refractivity contribution >= 4 is 21.8 Å². The third kappa shape index (κ3) is 5.43. The van der Waals surface area contributed by atoms with E-state index in [0.717, 1.165) is 42.8 Å². The van der Waals surface area contributed by atoms with Crippen LogP contribution in [-0.2, 0) is 19.5 Å². The molecule has 0 radical (unpaired) electrons. The molecule has 0 amide bonds. The summed E-state index contributed by atoms with van der Waals surface area (Å²) in [4.78, 5) is 2.36. The minimum Gasteiger partial charge on any atom is -0.388 e. The number of amidine groups is 1. The highest BCUT2D eigenvalue weighted by atomic mass is 79.9. The van der Waals surface area contributed by atoms with E-state index in [-0.39, 0.29) is 5.84 Å². The Labute approximate surface area is 136 Å². The zero-order chi connectivity index (χ0) is 16.0. The molecule has 1 aromatic heterocycles. The van der Waals surface area contributed by atoms with Gasteiger partial charge in [0.2, 0.25) is 0 Å². The molecule has 120 valence electrons. The number of aromatic nitrogens is 2. The predicted octanol–water partition coefficient (Wildman–Crippen LogP) is 3.01. The van der Waals surface area contributed by atoms with E-state index in [1.807, 2.05) is 0 Å². The van der Waals surface area contributed by atoms with E-state index in [1.54, 1.807) is 0 Å². The molecule has 1 rings (SSSR count). The Morgan fingerprint density at radius 2 is 2.10 bits per heavy atom. The summed E-state index contributed by atoms with van der Waals surface area (Å²) in [6.07, 6.45) is 1.55. The van der Waals surface area contributed by atoms with E-state index < -0.39 is 0 Å². The first-order chi connectivity index (χ1) is 9.88. The summed E-state index contributed by atoms with van der Waals surface area (Å²) < 4.78 is 3.20. The van der Waals surface area contributed by atoms with Crippen LogP contribution in [0.15, 0.2) is 4.47 Å². The molecule has 0 atom stereocenters. The van der Waals surface area contributed by atoms with Crippen molar-refractivity contribution in [1.29, 1.82) is 5.41 Å². The van der Waals surface area contributed by atoms with Crippen LogP contribution >= 0.6 is 15.9 Å². The summed E-state index contributed by atoms with van der Waals surface area (Å²) in [5.41, 5.74) is 7.84. The van der Waals surface area contributed by atoms with Crippen LogP contribution in [0.4, 0.5) is 0 Å². The van der Waals surface area contributed by atoms with Gasteiger partial charge in [-0.3, -0.25) is 15.0 Å². The molecule has 6 heteroatoms. The summed E-state index contributed by atoms with van der Waals surface area (Å²) in [5.74, 6) is 0.834. The first kappa shape index (κ1) is 18.2. The topological polar surface area (TPSA) is 70.9 Å². The molecular formula is C15H28BrN5. The summed E-state index contributed by atoms with van der Waals surface area (Å²) >= 11 is 3.70. The predicted molar refractivity (Wildman–Crippen MR) is 91.6 cm³/mol. The molecule has 0 aliphatic carbocycles. The van der Waals surface area contributed by atoms with Crippen LogP contribution in [0.2, 0.25) is 0 Å². The van der Waals surface area contributed by atoms with Crippen LogP contribution in [0.5, 0.6) is 0 Å². The third-order valence-corrected chi connectivity index (χ3v) is 4.30. The molecule has 0 aromatic carbocycles. The molecule has 0 bridgehead atoms. The molecule has 0 spiro atoms. The largest absolute Gasteiger partial charge is 0.388 e.